The average Bonchev–Trinajstić information content (AvgIpc) is 3.54. The number of benzene rings is 4. The number of amides is 3. The number of anilines is 1. The van der Waals surface area contributed by atoms with Crippen LogP contribution < -0.4 is 10.6 Å². The second kappa shape index (κ2) is 13.9. The number of nitrogens with one attached hydrogen (secondary N) is 2. The third kappa shape index (κ3) is 7.51. The number of halogens is 3. The molecular weight excluding hydrogens is 631 g/mol. The van der Waals surface area contributed by atoms with E-state index < -0.39 is 29.6 Å². The second-order valence-electron chi connectivity index (χ2n) is 11.4. The average molecular weight is 662 g/mol. The molecule has 246 valence electrons. The van der Waals surface area contributed by atoms with Gasteiger partial charge in [-0.05, 0) is 52.6 Å². The largest absolute Gasteiger partial charge is 0.416 e. The molecule has 8 nitrogen and oxygen atoms in total. The minimum absolute atomic E-state index is 0.0653. The number of fused-ring (bicyclic) bond motifs is 1. The predicted molar refractivity (Wildman–Crippen MR) is 180 cm³/mol. The monoisotopic (exact) mass is 661 g/mol. The van der Waals surface area contributed by atoms with Crippen LogP contribution in [0.15, 0.2) is 134 Å². The molecule has 0 aliphatic carbocycles. The van der Waals surface area contributed by atoms with E-state index in [1.54, 1.807) is 83.2 Å². The standard InChI is InChI=1S/C38H30F3N5O3/c1-45(22-25-10-4-2-5-11-25)37(49)34(27-12-6-3-7-13-27)44-36(48)32-24-46-23-29(20-21-33(46)43-32)42-35(47)31-15-9-8-14-30(31)26-16-18-28(19-17-26)38(39,40)41/h2-21,23-24,34H,22H2,1H3,(H,42,47)(H,44,48)/t34-/m0/s1. The van der Waals surface area contributed by atoms with Crippen molar-refractivity contribution in [1.29, 1.82) is 0 Å². The van der Waals surface area contributed by atoms with Crippen LogP contribution in [0, 0.1) is 0 Å². The normalized spacial score (nSPS) is 11.9. The Kier molecular flexibility index (Phi) is 9.25. The molecule has 3 amide bonds. The van der Waals surface area contributed by atoms with Crippen molar-refractivity contribution >= 4 is 29.1 Å². The molecule has 6 aromatic rings. The SMILES string of the molecule is CN(Cc1ccccc1)C(=O)[C@@H](NC(=O)c1cn2cc(NC(=O)c3ccccc3-c3ccc(C(F)(F)F)cc3)ccc2n1)c1ccccc1. The number of carbonyl (C=O) groups excluding carboxylic acids is 3. The Morgan fingerprint density at radius 1 is 0.776 bits per heavy atom. The first-order chi connectivity index (χ1) is 23.6. The fourth-order valence-corrected chi connectivity index (χ4v) is 5.44. The molecule has 0 aliphatic rings. The Balaban J connectivity index is 1.19. The highest BCUT2D eigenvalue weighted by atomic mass is 19.4. The molecule has 0 fully saturated rings. The highest BCUT2D eigenvalue weighted by Crippen LogP contribution is 2.32. The Hall–Kier alpha value is -6.23. The van der Waals surface area contributed by atoms with Gasteiger partial charge in [0, 0.05) is 31.5 Å². The van der Waals surface area contributed by atoms with Crippen LogP contribution in [0.4, 0.5) is 18.9 Å². The van der Waals surface area contributed by atoms with Gasteiger partial charge in [0.25, 0.3) is 11.8 Å². The van der Waals surface area contributed by atoms with E-state index in [0.717, 1.165) is 17.7 Å². The number of carbonyl (C=O) groups is 3. The van der Waals surface area contributed by atoms with Gasteiger partial charge in [-0.1, -0.05) is 91.0 Å². The molecule has 0 bridgehead atoms. The zero-order valence-electron chi connectivity index (χ0n) is 26.2. The molecule has 0 aliphatic heterocycles. The summed E-state index contributed by atoms with van der Waals surface area (Å²) >= 11 is 0. The minimum atomic E-state index is -4.47. The lowest BCUT2D eigenvalue weighted by atomic mass is 9.98. The molecular formula is C38H30F3N5O3. The Morgan fingerprint density at radius 3 is 2.12 bits per heavy atom. The van der Waals surface area contributed by atoms with Crippen LogP contribution in [-0.4, -0.2) is 39.1 Å². The van der Waals surface area contributed by atoms with Gasteiger partial charge < -0.3 is 19.9 Å². The number of pyridine rings is 1. The number of rotatable bonds is 9. The maximum absolute atomic E-state index is 13.6. The van der Waals surface area contributed by atoms with Crippen molar-refractivity contribution in [3.63, 3.8) is 0 Å². The van der Waals surface area contributed by atoms with Crippen molar-refractivity contribution in [2.75, 3.05) is 12.4 Å². The van der Waals surface area contributed by atoms with E-state index in [2.05, 4.69) is 15.6 Å². The predicted octanol–water partition coefficient (Wildman–Crippen LogP) is 7.40. The number of aromatic nitrogens is 2. The Labute approximate surface area is 279 Å². The number of nitrogens with zero attached hydrogens (tertiary/aromatic N) is 3. The number of hydrogen-bond donors (Lipinski definition) is 2. The van der Waals surface area contributed by atoms with Gasteiger partial charge in [0.05, 0.1) is 11.3 Å². The summed E-state index contributed by atoms with van der Waals surface area (Å²) in [6, 6.07) is 32.0. The molecule has 2 N–H and O–H groups in total. The summed E-state index contributed by atoms with van der Waals surface area (Å²) in [7, 11) is 1.68. The van der Waals surface area contributed by atoms with Crippen molar-refractivity contribution in [2.45, 2.75) is 18.8 Å². The topological polar surface area (TPSA) is 95.8 Å². The molecule has 0 saturated heterocycles. The van der Waals surface area contributed by atoms with Gasteiger partial charge in [0.2, 0.25) is 5.91 Å². The smallest absolute Gasteiger partial charge is 0.339 e. The van der Waals surface area contributed by atoms with E-state index in [0.29, 0.717) is 34.6 Å². The summed E-state index contributed by atoms with van der Waals surface area (Å²) in [5, 5.41) is 5.66. The first kappa shape index (κ1) is 32.7. The van der Waals surface area contributed by atoms with E-state index in [-0.39, 0.29) is 17.2 Å². The van der Waals surface area contributed by atoms with Gasteiger partial charge in [0.1, 0.15) is 17.4 Å². The van der Waals surface area contributed by atoms with Crippen LogP contribution in [-0.2, 0) is 17.5 Å². The molecule has 11 heteroatoms. The molecule has 6 rings (SSSR count). The van der Waals surface area contributed by atoms with Gasteiger partial charge in [-0.25, -0.2) is 4.98 Å². The highest BCUT2D eigenvalue weighted by Gasteiger charge is 2.30. The molecule has 0 radical (unpaired) electrons. The lowest BCUT2D eigenvalue weighted by Gasteiger charge is -2.25. The quantitative estimate of drug-likeness (QED) is 0.169. The highest BCUT2D eigenvalue weighted by molar-refractivity contribution is 6.08. The van der Waals surface area contributed by atoms with Gasteiger partial charge >= 0.3 is 6.18 Å². The van der Waals surface area contributed by atoms with Crippen LogP contribution in [0.5, 0.6) is 0 Å². The molecule has 0 saturated carbocycles. The molecule has 2 aromatic heterocycles. The van der Waals surface area contributed by atoms with Crippen molar-refractivity contribution in [2.24, 2.45) is 0 Å². The minimum Gasteiger partial charge on any atom is -0.339 e. The van der Waals surface area contributed by atoms with Gasteiger partial charge in [-0.2, -0.15) is 13.2 Å². The van der Waals surface area contributed by atoms with E-state index in [9.17, 15) is 27.6 Å². The molecule has 1 atom stereocenters. The molecule has 2 heterocycles. The molecule has 0 unspecified atom stereocenters. The molecule has 4 aromatic carbocycles. The Bertz CT molecular complexity index is 2110. The first-order valence-corrected chi connectivity index (χ1v) is 15.3. The van der Waals surface area contributed by atoms with Crippen LogP contribution in [0.2, 0.25) is 0 Å². The summed E-state index contributed by atoms with van der Waals surface area (Å²) in [4.78, 5) is 46.4. The van der Waals surface area contributed by atoms with E-state index in [1.165, 1.54) is 18.3 Å². The third-order valence-electron chi connectivity index (χ3n) is 7.93. The second-order valence-corrected chi connectivity index (χ2v) is 11.4. The number of hydrogen-bond acceptors (Lipinski definition) is 4. The zero-order chi connectivity index (χ0) is 34.5. The number of likely N-dealkylation sites (N-methyl/N-ethyl adjacent to an activating group) is 1. The number of imidazole rings is 1. The van der Waals surface area contributed by atoms with Crippen molar-refractivity contribution in [3.05, 3.63) is 162 Å². The van der Waals surface area contributed by atoms with E-state index >= 15 is 0 Å². The summed E-state index contributed by atoms with van der Waals surface area (Å²) in [5.74, 6) is -1.33. The Morgan fingerprint density at radius 2 is 1.43 bits per heavy atom. The number of alkyl halides is 3. The van der Waals surface area contributed by atoms with Crippen LogP contribution >= 0.6 is 0 Å². The maximum Gasteiger partial charge on any atom is 0.416 e. The van der Waals surface area contributed by atoms with Crippen LogP contribution in [0.25, 0.3) is 16.8 Å². The van der Waals surface area contributed by atoms with E-state index in [1.807, 2.05) is 36.4 Å². The lowest BCUT2D eigenvalue weighted by Crippen LogP contribution is -2.41. The summed E-state index contributed by atoms with van der Waals surface area (Å²) in [6.07, 6.45) is -1.38. The van der Waals surface area contributed by atoms with Gasteiger partial charge in [-0.3, -0.25) is 14.4 Å². The first-order valence-electron chi connectivity index (χ1n) is 15.3. The summed E-state index contributed by atoms with van der Waals surface area (Å²) in [6.45, 7) is 0.358. The van der Waals surface area contributed by atoms with Gasteiger partial charge in [0.15, 0.2) is 0 Å². The lowest BCUT2D eigenvalue weighted by molar-refractivity contribution is -0.137. The van der Waals surface area contributed by atoms with Crippen molar-refractivity contribution in [3.8, 4) is 11.1 Å². The van der Waals surface area contributed by atoms with Crippen molar-refractivity contribution in [1.82, 2.24) is 19.6 Å². The van der Waals surface area contributed by atoms with E-state index in [4.69, 9.17) is 0 Å². The summed E-state index contributed by atoms with van der Waals surface area (Å²) < 4.78 is 40.8. The van der Waals surface area contributed by atoms with Crippen molar-refractivity contribution < 1.29 is 27.6 Å². The van der Waals surface area contributed by atoms with Gasteiger partial charge in [-0.15, -0.1) is 0 Å². The van der Waals surface area contributed by atoms with Crippen LogP contribution in [0.1, 0.15) is 43.6 Å². The fraction of sp³-hybridized carbons (Fsp3) is 0.105. The fourth-order valence-electron chi connectivity index (χ4n) is 5.44. The zero-order valence-corrected chi connectivity index (χ0v) is 26.2. The summed E-state index contributed by atoms with van der Waals surface area (Å²) in [5.41, 5.74) is 2.86. The van der Waals surface area contributed by atoms with Crippen LogP contribution in [0.3, 0.4) is 0 Å². The molecule has 49 heavy (non-hydrogen) atoms. The maximum atomic E-state index is 13.6. The third-order valence-corrected chi connectivity index (χ3v) is 7.93. The molecule has 0 spiro atoms.